The molecule has 1 aromatic heterocycles. The number of anilines is 1. The molecule has 0 radical (unpaired) electrons. The summed E-state index contributed by atoms with van der Waals surface area (Å²) in [6.45, 7) is 5.91. The highest BCUT2D eigenvalue weighted by Gasteiger charge is 2.51. The minimum absolute atomic E-state index is 0.0145. The Morgan fingerprint density at radius 2 is 1.72 bits per heavy atom. The fourth-order valence-electron chi connectivity index (χ4n) is 9.61. The lowest BCUT2D eigenvalue weighted by Crippen LogP contribution is -2.58. The maximum atomic E-state index is 15.1. The number of hydrogen-bond donors (Lipinski definition) is 5. The summed E-state index contributed by atoms with van der Waals surface area (Å²) in [6, 6.07) is 22.9. The van der Waals surface area contributed by atoms with Crippen LogP contribution < -0.4 is 20.9 Å². The standard InChI is InChI=1S/C56H58BrF2N6O11PS/c1-55(2,3)49(62-51(69)46-29-36-28-37(17-23-45(36)78-46)56(58,59)77(73,74)75)54(72)64-31-40(76-33-34-12-7-6-8-13-34)30-44(64)53(71)63(39-20-18-38(57)19-21-39)27-25-47(66)60-26-10-5-4-9-14-35-15-11-16-41-42(35)32-65(52(41)70)43-22-24-48(67)61-50(43)68/h6-8,11-13,15-21,23,28-29,40,43-44,49H,4-5,10,22,24-27,30-33H2,1-3H3,(H,60,66)(H,62,69)(H,61,67,68)(H2,73,74,75)/t40-,43?,44+,49?/m1/s1. The summed E-state index contributed by atoms with van der Waals surface area (Å²) in [5.41, 5.74) is -3.09. The average molecular weight is 1170 g/mol. The summed E-state index contributed by atoms with van der Waals surface area (Å²) >= 11 is 4.40. The highest BCUT2D eigenvalue weighted by atomic mass is 79.9. The lowest BCUT2D eigenvalue weighted by molar-refractivity contribution is -0.141. The summed E-state index contributed by atoms with van der Waals surface area (Å²) in [7, 11) is -5.86. The third-order valence-electron chi connectivity index (χ3n) is 13.8. The molecule has 0 saturated carbocycles. The molecule has 4 heterocycles. The molecule has 410 valence electrons. The van der Waals surface area contributed by atoms with Gasteiger partial charge in [-0.3, -0.25) is 43.4 Å². The third kappa shape index (κ3) is 13.2. The predicted octanol–water partition coefficient (Wildman–Crippen LogP) is 7.74. The van der Waals surface area contributed by atoms with Crippen molar-refractivity contribution in [1.29, 1.82) is 0 Å². The van der Waals surface area contributed by atoms with Crippen LogP contribution in [-0.2, 0) is 52.1 Å². The molecule has 3 aliphatic rings. The number of carbonyl (C=O) groups excluding carboxylic acids is 7. The number of nitrogens with one attached hydrogen (secondary N) is 3. The molecule has 5 N–H and O–H groups in total. The predicted molar refractivity (Wildman–Crippen MR) is 291 cm³/mol. The van der Waals surface area contributed by atoms with Gasteiger partial charge in [0.2, 0.25) is 29.5 Å². The monoisotopic (exact) mass is 1170 g/mol. The number of fused-ring (bicyclic) bond motifs is 2. The van der Waals surface area contributed by atoms with Crippen LogP contribution in [0, 0.1) is 17.3 Å². The van der Waals surface area contributed by atoms with E-state index in [4.69, 9.17) is 4.74 Å². The van der Waals surface area contributed by atoms with E-state index in [1.54, 1.807) is 57.2 Å². The fraction of sp³-hybridized carbons (Fsp3) is 0.375. The van der Waals surface area contributed by atoms with Crippen LogP contribution in [-0.4, -0.2) is 105 Å². The Hall–Kier alpha value is -6.66. The number of ether oxygens (including phenoxy) is 1. The molecule has 78 heavy (non-hydrogen) atoms. The maximum absolute atomic E-state index is 15.1. The number of thiophene rings is 1. The number of alkyl halides is 2. The van der Waals surface area contributed by atoms with Crippen LogP contribution in [0.3, 0.4) is 0 Å². The van der Waals surface area contributed by atoms with Gasteiger partial charge in [0.15, 0.2) is 0 Å². The second kappa shape index (κ2) is 24.1. The molecule has 3 aliphatic heterocycles. The number of unbranched alkanes of at least 4 members (excludes halogenated alkanes) is 2. The number of carbonyl (C=O) groups is 7. The van der Waals surface area contributed by atoms with Crippen LogP contribution in [0.15, 0.2) is 102 Å². The number of nitrogens with zero attached hydrogens (tertiary/aromatic N) is 3. The molecule has 2 fully saturated rings. The van der Waals surface area contributed by atoms with Crippen molar-refractivity contribution in [3.8, 4) is 11.8 Å². The molecule has 22 heteroatoms. The molecular formula is C56H58BrF2N6O11PS. The number of halogens is 3. The topological polar surface area (TPSA) is 232 Å². The Balaban J connectivity index is 0.928. The zero-order valence-corrected chi connectivity index (χ0v) is 46.2. The molecule has 5 aromatic rings. The number of hydrogen-bond acceptors (Lipinski definition) is 10. The van der Waals surface area contributed by atoms with Gasteiger partial charge in [0.25, 0.3) is 11.8 Å². The summed E-state index contributed by atoms with van der Waals surface area (Å²) in [4.78, 5) is 118. The molecule has 0 aliphatic carbocycles. The Labute approximate surface area is 461 Å². The van der Waals surface area contributed by atoms with E-state index < -0.39 is 72.1 Å². The number of piperidine rings is 1. The van der Waals surface area contributed by atoms with Crippen molar-refractivity contribution in [2.75, 3.05) is 24.5 Å². The van der Waals surface area contributed by atoms with Crippen LogP contribution >= 0.6 is 34.9 Å². The first-order valence-corrected chi connectivity index (χ1v) is 28.6. The van der Waals surface area contributed by atoms with E-state index in [1.807, 2.05) is 36.4 Å². The largest absolute Gasteiger partial charge is 0.399 e. The molecule has 0 spiro atoms. The van der Waals surface area contributed by atoms with Crippen molar-refractivity contribution in [2.24, 2.45) is 5.41 Å². The van der Waals surface area contributed by atoms with Gasteiger partial charge < -0.3 is 39.9 Å². The Bertz CT molecular complexity index is 3250. The van der Waals surface area contributed by atoms with Crippen molar-refractivity contribution in [1.82, 2.24) is 25.8 Å². The lowest BCUT2D eigenvalue weighted by atomic mass is 9.85. The molecular weight excluding hydrogens is 1110 g/mol. The Morgan fingerprint density at radius 1 is 0.974 bits per heavy atom. The van der Waals surface area contributed by atoms with Crippen molar-refractivity contribution in [2.45, 2.75) is 109 Å². The molecule has 17 nitrogen and oxygen atoms in total. The molecule has 7 amide bonds. The van der Waals surface area contributed by atoms with Gasteiger partial charge in [0.05, 0.1) is 17.6 Å². The summed E-state index contributed by atoms with van der Waals surface area (Å²) < 4.78 is 48.4. The van der Waals surface area contributed by atoms with Crippen molar-refractivity contribution < 1.29 is 61.4 Å². The first-order valence-electron chi connectivity index (χ1n) is 25.3. The Morgan fingerprint density at radius 3 is 2.42 bits per heavy atom. The van der Waals surface area contributed by atoms with Crippen molar-refractivity contribution in [3.05, 3.63) is 134 Å². The van der Waals surface area contributed by atoms with Crippen LogP contribution in [0.5, 0.6) is 0 Å². The quantitative estimate of drug-likeness (QED) is 0.0246. The molecule has 8 rings (SSSR count). The van der Waals surface area contributed by atoms with Gasteiger partial charge in [-0.2, -0.15) is 8.78 Å². The fourth-order valence-corrected chi connectivity index (χ4v) is 11.3. The Kier molecular flexibility index (Phi) is 17.8. The van der Waals surface area contributed by atoms with Crippen molar-refractivity contribution >= 4 is 92.0 Å². The van der Waals surface area contributed by atoms with E-state index in [9.17, 15) is 47.1 Å². The number of benzene rings is 4. The van der Waals surface area contributed by atoms with Crippen LogP contribution in [0.25, 0.3) is 10.1 Å². The molecule has 4 atom stereocenters. The second-order valence-electron chi connectivity index (χ2n) is 20.4. The summed E-state index contributed by atoms with van der Waals surface area (Å²) in [6.07, 6.45) is 1.56. The lowest BCUT2D eigenvalue weighted by Gasteiger charge is -2.36. The van der Waals surface area contributed by atoms with E-state index in [0.29, 0.717) is 47.3 Å². The van der Waals surface area contributed by atoms with Crippen LogP contribution in [0.2, 0.25) is 0 Å². The highest BCUT2D eigenvalue weighted by Crippen LogP contribution is 2.59. The number of amides is 7. The van der Waals surface area contributed by atoms with E-state index in [0.717, 1.165) is 39.1 Å². The van der Waals surface area contributed by atoms with Gasteiger partial charge in [0, 0.05) is 83.4 Å². The summed E-state index contributed by atoms with van der Waals surface area (Å²) in [5, 5.41) is 8.21. The number of likely N-dealkylation sites (tertiary alicyclic amines) is 1. The molecule has 2 saturated heterocycles. The third-order valence-corrected chi connectivity index (χ3v) is 16.5. The van der Waals surface area contributed by atoms with Gasteiger partial charge in [0.1, 0.15) is 18.1 Å². The summed E-state index contributed by atoms with van der Waals surface area (Å²) in [5.74, 6) is 3.12. The molecule has 2 unspecified atom stereocenters. The van der Waals surface area contributed by atoms with E-state index in [-0.39, 0.29) is 79.9 Å². The number of imide groups is 1. The minimum atomic E-state index is -5.86. The average Bonchev–Trinajstić information content (AvgIpc) is 4.13. The van der Waals surface area contributed by atoms with Gasteiger partial charge in [-0.05, 0) is 95.8 Å². The second-order valence-corrected chi connectivity index (χ2v) is 24.1. The first kappa shape index (κ1) is 57.5. The zero-order chi connectivity index (χ0) is 56.1. The van der Waals surface area contributed by atoms with E-state index in [2.05, 4.69) is 43.7 Å². The zero-order valence-electron chi connectivity index (χ0n) is 42.9. The highest BCUT2D eigenvalue weighted by molar-refractivity contribution is 9.10. The maximum Gasteiger partial charge on any atom is 0.399 e. The van der Waals surface area contributed by atoms with Gasteiger partial charge in [-0.1, -0.05) is 91.0 Å². The van der Waals surface area contributed by atoms with Crippen LogP contribution in [0.4, 0.5) is 14.5 Å². The first-order chi connectivity index (χ1) is 37.0. The van der Waals surface area contributed by atoms with Crippen LogP contribution in [0.1, 0.15) is 108 Å². The molecule has 4 aromatic carbocycles. The van der Waals surface area contributed by atoms with Gasteiger partial charge in [-0.25, -0.2) is 0 Å². The van der Waals surface area contributed by atoms with E-state index in [1.165, 1.54) is 26.8 Å². The van der Waals surface area contributed by atoms with Gasteiger partial charge >= 0.3 is 13.3 Å². The normalized spacial score (nSPS) is 18.0. The SMILES string of the molecule is CC(C)(C)C(NC(=O)c1cc2cc(C(F)(F)P(=O)(O)O)ccc2s1)C(=O)N1C[C@H](OCc2ccccc2)C[C@H]1C(=O)N(CCC(=O)NCCCCC#Cc1cccc2c1CN(C1CCC(=O)NC1=O)C2=O)c1ccc(Br)cc1. The number of rotatable bonds is 18. The molecule has 0 bridgehead atoms. The smallest absolute Gasteiger partial charge is 0.372 e. The minimum Gasteiger partial charge on any atom is -0.372 e. The van der Waals surface area contributed by atoms with E-state index >= 15 is 9.59 Å². The van der Waals surface area contributed by atoms with Crippen molar-refractivity contribution in [3.63, 3.8) is 0 Å². The van der Waals surface area contributed by atoms with Gasteiger partial charge in [-0.15, -0.1) is 11.3 Å².